The third-order valence-electron chi connectivity index (χ3n) is 7.92. The number of amides is 2. The number of rotatable bonds is 17. The lowest BCUT2D eigenvalue weighted by atomic mass is 9.93. The lowest BCUT2D eigenvalue weighted by Crippen LogP contribution is -2.51. The second-order valence-corrected chi connectivity index (χ2v) is 12.5. The zero-order chi connectivity index (χ0) is 32.3. The standard InChI is InChI=1S/C32H48N4O6S/c1-8-20(5)28(33)31(39)36(7)25(19(3)4)17-26(42-27(37)9-2)30-35-24(18-43-30)29(38)34-23(15-21(6)32(40)41)16-22-13-11-10-12-14-22/h10-14,18-21,23,25-26,28H,8-9,15-17,33H2,1-7H3,(H,34,38)(H,40,41)/t20-,21-,23+,25+,26+,28-/m0/s1. The van der Waals surface area contributed by atoms with Gasteiger partial charge in [-0.25, -0.2) is 4.98 Å². The van der Waals surface area contributed by atoms with Crippen LogP contribution in [0.1, 0.15) is 94.4 Å². The summed E-state index contributed by atoms with van der Waals surface area (Å²) < 4.78 is 5.80. The summed E-state index contributed by atoms with van der Waals surface area (Å²) in [6, 6.07) is 8.18. The van der Waals surface area contributed by atoms with E-state index in [4.69, 9.17) is 10.5 Å². The Morgan fingerprint density at radius 3 is 2.28 bits per heavy atom. The highest BCUT2D eigenvalue weighted by atomic mass is 32.1. The number of likely N-dealkylation sites (N-methyl/N-ethyl adjacent to an activating group) is 1. The summed E-state index contributed by atoms with van der Waals surface area (Å²) in [5.41, 5.74) is 7.39. The van der Waals surface area contributed by atoms with Crippen molar-refractivity contribution in [1.82, 2.24) is 15.2 Å². The molecule has 10 nitrogen and oxygen atoms in total. The summed E-state index contributed by atoms with van der Waals surface area (Å²) in [6.45, 7) is 11.2. The number of nitrogens with two attached hydrogens (primary N) is 1. The minimum absolute atomic E-state index is 0.0146. The van der Waals surface area contributed by atoms with Gasteiger partial charge < -0.3 is 25.8 Å². The summed E-state index contributed by atoms with van der Waals surface area (Å²) >= 11 is 1.21. The molecule has 0 aliphatic rings. The number of carboxylic acids is 1. The monoisotopic (exact) mass is 616 g/mol. The highest BCUT2D eigenvalue weighted by molar-refractivity contribution is 7.09. The van der Waals surface area contributed by atoms with Gasteiger partial charge in [0.2, 0.25) is 5.91 Å². The molecular weight excluding hydrogens is 568 g/mol. The Bertz CT molecular complexity index is 1200. The Labute approximate surface area is 259 Å². The van der Waals surface area contributed by atoms with Gasteiger partial charge in [0.1, 0.15) is 10.7 Å². The van der Waals surface area contributed by atoms with Crippen molar-refractivity contribution in [3.8, 4) is 0 Å². The van der Waals surface area contributed by atoms with Gasteiger partial charge in [0.05, 0.1) is 12.0 Å². The van der Waals surface area contributed by atoms with E-state index in [9.17, 15) is 24.3 Å². The molecule has 0 bridgehead atoms. The van der Waals surface area contributed by atoms with E-state index in [0.717, 1.165) is 12.0 Å². The van der Waals surface area contributed by atoms with Crippen molar-refractivity contribution in [3.63, 3.8) is 0 Å². The van der Waals surface area contributed by atoms with Crippen LogP contribution < -0.4 is 11.1 Å². The number of nitrogens with one attached hydrogen (secondary N) is 1. The predicted molar refractivity (Wildman–Crippen MR) is 167 cm³/mol. The van der Waals surface area contributed by atoms with E-state index < -0.39 is 42.0 Å². The van der Waals surface area contributed by atoms with E-state index in [2.05, 4.69) is 10.3 Å². The molecule has 0 aliphatic heterocycles. The molecule has 4 N–H and O–H groups in total. The van der Waals surface area contributed by atoms with Gasteiger partial charge in [-0.3, -0.25) is 19.2 Å². The first-order valence-corrected chi connectivity index (χ1v) is 15.9. The molecule has 0 spiro atoms. The Balaban J connectivity index is 2.30. The molecule has 0 saturated carbocycles. The van der Waals surface area contributed by atoms with Crippen molar-refractivity contribution in [2.24, 2.45) is 23.5 Å². The molecular formula is C32H48N4O6S. The Hall–Kier alpha value is -3.31. The van der Waals surface area contributed by atoms with Crippen LogP contribution in [0, 0.1) is 17.8 Å². The van der Waals surface area contributed by atoms with Gasteiger partial charge in [-0.1, -0.05) is 78.3 Å². The smallest absolute Gasteiger partial charge is 0.306 e. The van der Waals surface area contributed by atoms with Crippen LogP contribution in [0.3, 0.4) is 0 Å². The van der Waals surface area contributed by atoms with Gasteiger partial charge in [0.15, 0.2) is 6.10 Å². The van der Waals surface area contributed by atoms with Crippen molar-refractivity contribution in [2.75, 3.05) is 7.05 Å². The van der Waals surface area contributed by atoms with Crippen LogP contribution in [0.2, 0.25) is 0 Å². The molecule has 1 aromatic carbocycles. The summed E-state index contributed by atoms with van der Waals surface area (Å²) in [6.07, 6.45) is 1.17. The number of aromatic nitrogens is 1. The highest BCUT2D eigenvalue weighted by Crippen LogP contribution is 2.31. The molecule has 43 heavy (non-hydrogen) atoms. The maximum Gasteiger partial charge on any atom is 0.306 e. The SMILES string of the molecule is CCC(=O)O[C@H](C[C@H](C(C)C)N(C)C(=O)[C@@H](N)[C@@H](C)CC)c1nc(C(=O)N[C@@H](Cc2ccccc2)C[C@H](C)C(=O)O)cs1. The van der Waals surface area contributed by atoms with E-state index in [-0.39, 0.29) is 42.3 Å². The molecule has 2 rings (SSSR count). The number of hydrogen-bond donors (Lipinski definition) is 3. The lowest BCUT2D eigenvalue weighted by molar-refractivity contribution is -0.151. The minimum atomic E-state index is -0.933. The quantitative estimate of drug-likeness (QED) is 0.214. The fourth-order valence-electron chi connectivity index (χ4n) is 4.85. The van der Waals surface area contributed by atoms with E-state index in [1.165, 1.54) is 11.3 Å². The molecule has 0 unspecified atom stereocenters. The molecule has 2 amide bonds. The van der Waals surface area contributed by atoms with Gasteiger partial charge >= 0.3 is 11.9 Å². The molecule has 1 aromatic heterocycles. The van der Waals surface area contributed by atoms with E-state index in [0.29, 0.717) is 17.8 Å². The van der Waals surface area contributed by atoms with Gasteiger partial charge in [0, 0.05) is 37.4 Å². The molecule has 0 radical (unpaired) electrons. The predicted octanol–water partition coefficient (Wildman–Crippen LogP) is 4.84. The van der Waals surface area contributed by atoms with E-state index >= 15 is 0 Å². The third kappa shape index (κ3) is 10.7. The fraction of sp³-hybridized carbons (Fsp3) is 0.594. The molecule has 2 aromatic rings. The maximum absolute atomic E-state index is 13.3. The van der Waals surface area contributed by atoms with Crippen molar-refractivity contribution in [1.29, 1.82) is 0 Å². The van der Waals surface area contributed by atoms with E-state index in [1.807, 2.05) is 58.0 Å². The summed E-state index contributed by atoms with van der Waals surface area (Å²) in [4.78, 5) is 56.7. The minimum Gasteiger partial charge on any atom is -0.481 e. The van der Waals surface area contributed by atoms with Crippen LogP contribution in [-0.2, 0) is 25.5 Å². The van der Waals surface area contributed by atoms with Crippen LogP contribution in [0.25, 0.3) is 0 Å². The number of carbonyl (C=O) groups is 4. The third-order valence-corrected chi connectivity index (χ3v) is 8.86. The summed E-state index contributed by atoms with van der Waals surface area (Å²) in [7, 11) is 1.72. The van der Waals surface area contributed by atoms with Gasteiger partial charge in [-0.2, -0.15) is 0 Å². The van der Waals surface area contributed by atoms with Crippen molar-refractivity contribution in [3.05, 3.63) is 52.0 Å². The first kappa shape index (κ1) is 35.9. The number of ether oxygens (including phenoxy) is 1. The molecule has 6 atom stereocenters. The number of benzene rings is 1. The van der Waals surface area contributed by atoms with Gasteiger partial charge in [0.25, 0.3) is 5.91 Å². The highest BCUT2D eigenvalue weighted by Gasteiger charge is 2.34. The second-order valence-electron chi connectivity index (χ2n) is 11.6. The Morgan fingerprint density at radius 2 is 1.72 bits per heavy atom. The number of carbonyl (C=O) groups excluding carboxylic acids is 3. The molecule has 0 fully saturated rings. The lowest BCUT2D eigenvalue weighted by Gasteiger charge is -2.35. The second kappa shape index (κ2) is 17.1. The number of esters is 1. The number of thiazole rings is 1. The fourth-order valence-corrected chi connectivity index (χ4v) is 5.69. The Morgan fingerprint density at radius 1 is 1.07 bits per heavy atom. The molecule has 238 valence electrons. The number of hydrogen-bond acceptors (Lipinski definition) is 8. The first-order chi connectivity index (χ1) is 20.3. The summed E-state index contributed by atoms with van der Waals surface area (Å²) in [5, 5.41) is 14.5. The van der Waals surface area contributed by atoms with Crippen LogP contribution in [0.5, 0.6) is 0 Å². The van der Waals surface area contributed by atoms with Crippen LogP contribution in [-0.4, -0.2) is 63.9 Å². The molecule has 11 heteroatoms. The van der Waals surface area contributed by atoms with Crippen molar-refractivity contribution >= 4 is 35.1 Å². The average Bonchev–Trinajstić information content (AvgIpc) is 3.48. The molecule has 0 saturated heterocycles. The van der Waals surface area contributed by atoms with Crippen LogP contribution >= 0.6 is 11.3 Å². The zero-order valence-corrected chi connectivity index (χ0v) is 27.2. The van der Waals surface area contributed by atoms with Gasteiger partial charge in [-0.05, 0) is 30.2 Å². The molecule has 0 aliphatic carbocycles. The first-order valence-electron chi connectivity index (χ1n) is 15.0. The molecule has 1 heterocycles. The number of aliphatic carboxylic acids is 1. The summed E-state index contributed by atoms with van der Waals surface area (Å²) in [5.74, 6) is -2.57. The topological polar surface area (TPSA) is 152 Å². The maximum atomic E-state index is 13.3. The normalized spacial score (nSPS) is 15.6. The average molecular weight is 617 g/mol. The van der Waals surface area contributed by atoms with E-state index in [1.54, 1.807) is 31.2 Å². The Kier molecular flexibility index (Phi) is 14.3. The van der Waals surface area contributed by atoms with Crippen LogP contribution in [0.15, 0.2) is 35.7 Å². The largest absolute Gasteiger partial charge is 0.481 e. The van der Waals surface area contributed by atoms with Crippen molar-refractivity contribution in [2.45, 2.75) is 97.9 Å². The van der Waals surface area contributed by atoms with Crippen molar-refractivity contribution < 1.29 is 29.0 Å². The number of nitrogens with zero attached hydrogens (tertiary/aromatic N) is 2. The van der Waals surface area contributed by atoms with Crippen LogP contribution in [0.4, 0.5) is 0 Å². The zero-order valence-electron chi connectivity index (χ0n) is 26.4. The van der Waals surface area contributed by atoms with Gasteiger partial charge in [-0.15, -0.1) is 11.3 Å². The number of carboxylic acid groups (broad SMARTS) is 1.